The van der Waals surface area contributed by atoms with Crippen molar-refractivity contribution in [2.45, 2.75) is 19.4 Å². The van der Waals surface area contributed by atoms with Crippen molar-refractivity contribution in [3.63, 3.8) is 0 Å². The minimum Gasteiger partial charge on any atom is -0.481 e. The second-order valence-corrected chi connectivity index (χ2v) is 4.33. The lowest BCUT2D eigenvalue weighted by Crippen LogP contribution is -2.27. The first-order valence-electron chi connectivity index (χ1n) is 5.71. The molecule has 1 saturated heterocycles. The Morgan fingerprint density at radius 1 is 1.35 bits per heavy atom. The number of carbonyl (C=O) groups excluding carboxylic acids is 1. The fraction of sp³-hybridized carbons (Fsp3) is 0.385. The van der Waals surface area contributed by atoms with Crippen molar-refractivity contribution in [2.24, 2.45) is 5.92 Å². The number of carbonyl (C=O) groups is 2. The number of hydrogen-bond donors (Lipinski definition) is 1. The Morgan fingerprint density at radius 2 is 2.06 bits per heavy atom. The van der Waals surface area contributed by atoms with Crippen molar-refractivity contribution in [3.8, 4) is 0 Å². The molecule has 0 bridgehead atoms. The Bertz CT molecular complexity index is 416. The number of likely N-dealkylation sites (tertiary alicyclic amines) is 1. The summed E-state index contributed by atoms with van der Waals surface area (Å²) in [4.78, 5) is 24.2. The number of hydrogen-bond acceptors (Lipinski definition) is 2. The molecule has 1 amide bonds. The SMILES string of the molecule is O=C(O)CC1CCN(Cc2ccccc2)C1=O. The molecule has 1 fully saturated rings. The molecule has 1 aliphatic rings. The molecule has 0 radical (unpaired) electrons. The number of benzene rings is 1. The van der Waals surface area contributed by atoms with Crippen LogP contribution in [0, 0.1) is 5.92 Å². The van der Waals surface area contributed by atoms with Gasteiger partial charge in [-0.2, -0.15) is 0 Å². The van der Waals surface area contributed by atoms with E-state index in [4.69, 9.17) is 5.11 Å². The molecular formula is C13H15NO3. The molecular weight excluding hydrogens is 218 g/mol. The summed E-state index contributed by atoms with van der Waals surface area (Å²) < 4.78 is 0. The average Bonchev–Trinajstić information content (AvgIpc) is 2.62. The Balaban J connectivity index is 1.96. The summed E-state index contributed by atoms with van der Waals surface area (Å²) in [5.74, 6) is -1.27. The van der Waals surface area contributed by atoms with E-state index in [1.807, 2.05) is 30.3 Å². The van der Waals surface area contributed by atoms with Crippen LogP contribution in [0.15, 0.2) is 30.3 Å². The summed E-state index contributed by atoms with van der Waals surface area (Å²) in [6, 6.07) is 9.74. The van der Waals surface area contributed by atoms with Crippen molar-refractivity contribution in [2.75, 3.05) is 6.54 Å². The molecule has 1 N–H and O–H groups in total. The predicted octanol–water partition coefficient (Wildman–Crippen LogP) is 1.51. The molecule has 90 valence electrons. The van der Waals surface area contributed by atoms with Crippen LogP contribution in [0.4, 0.5) is 0 Å². The van der Waals surface area contributed by atoms with E-state index in [2.05, 4.69) is 0 Å². The van der Waals surface area contributed by atoms with E-state index < -0.39 is 5.97 Å². The van der Waals surface area contributed by atoms with Crippen LogP contribution < -0.4 is 0 Å². The second kappa shape index (κ2) is 4.99. The van der Waals surface area contributed by atoms with Gasteiger partial charge in [-0.05, 0) is 12.0 Å². The minimum atomic E-state index is -0.898. The van der Waals surface area contributed by atoms with Gasteiger partial charge in [0.2, 0.25) is 5.91 Å². The predicted molar refractivity (Wildman–Crippen MR) is 62.2 cm³/mol. The zero-order chi connectivity index (χ0) is 12.3. The highest BCUT2D eigenvalue weighted by atomic mass is 16.4. The number of amides is 1. The highest BCUT2D eigenvalue weighted by molar-refractivity contribution is 5.84. The summed E-state index contributed by atoms with van der Waals surface area (Å²) in [6.45, 7) is 1.24. The van der Waals surface area contributed by atoms with Gasteiger partial charge < -0.3 is 10.0 Å². The Kier molecular flexibility index (Phi) is 3.42. The van der Waals surface area contributed by atoms with Gasteiger partial charge in [0.15, 0.2) is 0 Å². The summed E-state index contributed by atoms with van der Waals surface area (Å²) in [5, 5.41) is 8.70. The molecule has 4 heteroatoms. The van der Waals surface area contributed by atoms with E-state index in [-0.39, 0.29) is 18.2 Å². The monoisotopic (exact) mass is 233 g/mol. The zero-order valence-electron chi connectivity index (χ0n) is 9.50. The van der Waals surface area contributed by atoms with Gasteiger partial charge in [-0.1, -0.05) is 30.3 Å². The molecule has 4 nitrogen and oxygen atoms in total. The lowest BCUT2D eigenvalue weighted by molar-refractivity contribution is -0.142. The van der Waals surface area contributed by atoms with E-state index >= 15 is 0 Å². The van der Waals surface area contributed by atoms with E-state index in [1.54, 1.807) is 4.90 Å². The summed E-state index contributed by atoms with van der Waals surface area (Å²) in [6.07, 6.45) is 0.599. The molecule has 1 aromatic rings. The molecule has 17 heavy (non-hydrogen) atoms. The molecule has 0 aromatic heterocycles. The Labute approximate surface area is 99.9 Å². The lowest BCUT2D eigenvalue weighted by Gasteiger charge is -2.16. The van der Waals surface area contributed by atoms with Crippen molar-refractivity contribution >= 4 is 11.9 Å². The van der Waals surface area contributed by atoms with E-state index in [9.17, 15) is 9.59 Å². The summed E-state index contributed by atoms with van der Waals surface area (Å²) >= 11 is 0. The number of rotatable bonds is 4. The summed E-state index contributed by atoms with van der Waals surface area (Å²) in [5.41, 5.74) is 1.08. The lowest BCUT2D eigenvalue weighted by atomic mass is 10.0. The molecule has 1 unspecified atom stereocenters. The number of carboxylic acid groups (broad SMARTS) is 1. The highest BCUT2D eigenvalue weighted by Gasteiger charge is 2.32. The Hall–Kier alpha value is -1.84. The normalized spacial score (nSPS) is 19.6. The van der Waals surface area contributed by atoms with Gasteiger partial charge in [0, 0.05) is 13.1 Å². The second-order valence-electron chi connectivity index (χ2n) is 4.33. The molecule has 1 heterocycles. The van der Waals surface area contributed by atoms with Crippen molar-refractivity contribution in [1.82, 2.24) is 4.90 Å². The van der Waals surface area contributed by atoms with Gasteiger partial charge in [-0.15, -0.1) is 0 Å². The molecule has 0 saturated carbocycles. The van der Waals surface area contributed by atoms with E-state index in [0.29, 0.717) is 19.5 Å². The first-order chi connectivity index (χ1) is 8.16. The third-order valence-corrected chi connectivity index (χ3v) is 3.05. The first kappa shape index (κ1) is 11.6. The molecule has 1 aliphatic heterocycles. The average molecular weight is 233 g/mol. The van der Waals surface area contributed by atoms with Gasteiger partial charge in [0.05, 0.1) is 12.3 Å². The molecule has 0 spiro atoms. The fourth-order valence-corrected chi connectivity index (χ4v) is 2.16. The van der Waals surface area contributed by atoms with Gasteiger partial charge >= 0.3 is 5.97 Å². The quantitative estimate of drug-likeness (QED) is 0.857. The topological polar surface area (TPSA) is 57.6 Å². The Morgan fingerprint density at radius 3 is 2.71 bits per heavy atom. The van der Waals surface area contributed by atoms with Crippen LogP contribution in [0.3, 0.4) is 0 Å². The van der Waals surface area contributed by atoms with Crippen LogP contribution in [-0.4, -0.2) is 28.4 Å². The van der Waals surface area contributed by atoms with Crippen LogP contribution in [0.1, 0.15) is 18.4 Å². The zero-order valence-corrected chi connectivity index (χ0v) is 9.50. The van der Waals surface area contributed by atoms with Gasteiger partial charge in [-0.25, -0.2) is 0 Å². The van der Waals surface area contributed by atoms with Crippen molar-refractivity contribution in [1.29, 1.82) is 0 Å². The smallest absolute Gasteiger partial charge is 0.304 e. The van der Waals surface area contributed by atoms with Crippen LogP contribution in [0.2, 0.25) is 0 Å². The van der Waals surface area contributed by atoms with Crippen LogP contribution in [-0.2, 0) is 16.1 Å². The van der Waals surface area contributed by atoms with Crippen LogP contribution in [0.25, 0.3) is 0 Å². The first-order valence-corrected chi connectivity index (χ1v) is 5.71. The maximum absolute atomic E-state index is 11.9. The van der Waals surface area contributed by atoms with Gasteiger partial charge in [0.1, 0.15) is 0 Å². The largest absolute Gasteiger partial charge is 0.481 e. The standard InChI is InChI=1S/C13H15NO3/c15-12(16)8-11-6-7-14(13(11)17)9-10-4-2-1-3-5-10/h1-5,11H,6-9H2,(H,15,16). The fourth-order valence-electron chi connectivity index (χ4n) is 2.16. The minimum absolute atomic E-state index is 0.0312. The number of aliphatic carboxylic acids is 1. The molecule has 2 rings (SSSR count). The van der Waals surface area contributed by atoms with E-state index in [0.717, 1.165) is 5.56 Å². The van der Waals surface area contributed by atoms with Gasteiger partial charge in [-0.3, -0.25) is 9.59 Å². The molecule has 1 aromatic carbocycles. The van der Waals surface area contributed by atoms with Crippen LogP contribution >= 0.6 is 0 Å². The number of carboxylic acids is 1. The van der Waals surface area contributed by atoms with Crippen molar-refractivity contribution in [3.05, 3.63) is 35.9 Å². The third kappa shape index (κ3) is 2.84. The van der Waals surface area contributed by atoms with E-state index in [1.165, 1.54) is 0 Å². The van der Waals surface area contributed by atoms with Crippen LogP contribution in [0.5, 0.6) is 0 Å². The summed E-state index contributed by atoms with van der Waals surface area (Å²) in [7, 11) is 0. The maximum atomic E-state index is 11.9. The third-order valence-electron chi connectivity index (χ3n) is 3.05. The molecule has 1 atom stereocenters. The highest BCUT2D eigenvalue weighted by Crippen LogP contribution is 2.22. The molecule has 0 aliphatic carbocycles. The number of nitrogens with zero attached hydrogens (tertiary/aromatic N) is 1. The van der Waals surface area contributed by atoms with Crippen molar-refractivity contribution < 1.29 is 14.7 Å². The maximum Gasteiger partial charge on any atom is 0.304 e. The van der Waals surface area contributed by atoms with Gasteiger partial charge in [0.25, 0.3) is 0 Å².